The maximum Gasteiger partial charge on any atom is 0.313 e. The monoisotopic (exact) mass is 371 g/mol. The lowest BCUT2D eigenvalue weighted by atomic mass is 9.84. The summed E-state index contributed by atoms with van der Waals surface area (Å²) in [6.07, 6.45) is 5.09. The number of anilines is 2. The number of hydrogen-bond acceptors (Lipinski definition) is 4. The van der Waals surface area contributed by atoms with E-state index in [2.05, 4.69) is 15.5 Å². The van der Waals surface area contributed by atoms with E-state index in [4.69, 9.17) is 4.74 Å². The molecule has 0 spiro atoms. The van der Waals surface area contributed by atoms with E-state index in [9.17, 15) is 9.59 Å². The Balaban J connectivity index is 1.36. The van der Waals surface area contributed by atoms with Crippen LogP contribution in [-0.4, -0.2) is 44.2 Å². The van der Waals surface area contributed by atoms with Crippen LogP contribution in [0.2, 0.25) is 0 Å². The molecule has 3 fully saturated rings. The third-order valence-corrected chi connectivity index (χ3v) is 6.50. The molecule has 6 nitrogen and oxygen atoms in total. The molecule has 0 radical (unpaired) electrons. The van der Waals surface area contributed by atoms with Crippen LogP contribution in [0, 0.1) is 17.8 Å². The summed E-state index contributed by atoms with van der Waals surface area (Å²) >= 11 is 0. The normalized spacial score (nSPS) is 28.0. The van der Waals surface area contributed by atoms with Crippen molar-refractivity contribution >= 4 is 23.2 Å². The summed E-state index contributed by atoms with van der Waals surface area (Å²) in [4.78, 5) is 27.1. The van der Waals surface area contributed by atoms with Gasteiger partial charge in [-0.15, -0.1) is 0 Å². The molecule has 1 heterocycles. The Labute approximate surface area is 160 Å². The summed E-state index contributed by atoms with van der Waals surface area (Å²) in [6, 6.07) is 7.67. The molecule has 4 rings (SSSR count). The van der Waals surface area contributed by atoms with Crippen LogP contribution in [0.15, 0.2) is 24.3 Å². The molecular weight excluding hydrogens is 342 g/mol. The first-order valence-corrected chi connectivity index (χ1v) is 10.2. The summed E-state index contributed by atoms with van der Waals surface area (Å²) < 4.78 is 5.40. The third kappa shape index (κ3) is 3.95. The van der Waals surface area contributed by atoms with Crippen LogP contribution < -0.4 is 15.5 Å². The lowest BCUT2D eigenvalue weighted by molar-refractivity contribution is -0.136. The molecule has 27 heavy (non-hydrogen) atoms. The second kappa shape index (κ2) is 7.89. The summed E-state index contributed by atoms with van der Waals surface area (Å²) in [5, 5.41) is 5.75. The van der Waals surface area contributed by atoms with Crippen LogP contribution in [-0.2, 0) is 14.3 Å². The van der Waals surface area contributed by atoms with E-state index >= 15 is 0 Å². The summed E-state index contributed by atoms with van der Waals surface area (Å²) in [5.74, 6) is 0.929. The van der Waals surface area contributed by atoms with Crippen molar-refractivity contribution in [1.82, 2.24) is 5.32 Å². The third-order valence-electron chi connectivity index (χ3n) is 6.50. The molecular formula is C21H29N3O3. The van der Waals surface area contributed by atoms with Crippen molar-refractivity contribution < 1.29 is 14.3 Å². The van der Waals surface area contributed by atoms with Crippen LogP contribution in [0.25, 0.3) is 0 Å². The van der Waals surface area contributed by atoms with Gasteiger partial charge in [0.15, 0.2) is 0 Å². The first kappa shape index (κ1) is 18.3. The van der Waals surface area contributed by atoms with Crippen molar-refractivity contribution in [3.8, 4) is 0 Å². The number of carbonyl (C=O) groups is 2. The van der Waals surface area contributed by atoms with Crippen LogP contribution in [0.1, 0.15) is 32.6 Å². The fourth-order valence-corrected chi connectivity index (χ4v) is 5.12. The second-order valence-electron chi connectivity index (χ2n) is 8.17. The molecule has 4 unspecified atom stereocenters. The average Bonchev–Trinajstić information content (AvgIpc) is 3.32. The minimum absolute atomic E-state index is 0.0491. The van der Waals surface area contributed by atoms with E-state index in [-0.39, 0.29) is 6.04 Å². The minimum atomic E-state index is -0.592. The smallest absolute Gasteiger partial charge is 0.313 e. The predicted octanol–water partition coefficient (Wildman–Crippen LogP) is 2.40. The summed E-state index contributed by atoms with van der Waals surface area (Å²) in [7, 11) is 0. The van der Waals surface area contributed by atoms with Gasteiger partial charge in [0, 0.05) is 19.1 Å². The minimum Gasteiger partial charge on any atom is -0.378 e. The van der Waals surface area contributed by atoms with Crippen molar-refractivity contribution in [2.75, 3.05) is 36.5 Å². The highest BCUT2D eigenvalue weighted by Crippen LogP contribution is 2.49. The van der Waals surface area contributed by atoms with E-state index in [0.29, 0.717) is 24.8 Å². The molecule has 1 aliphatic heterocycles. The molecule has 2 amide bonds. The lowest BCUT2D eigenvalue weighted by Crippen LogP contribution is -2.45. The number of para-hydroxylation sites is 2. The molecule has 4 atom stereocenters. The molecule has 2 saturated carbocycles. The van der Waals surface area contributed by atoms with Crippen molar-refractivity contribution in [3.63, 3.8) is 0 Å². The van der Waals surface area contributed by atoms with Gasteiger partial charge in [-0.05, 0) is 56.1 Å². The van der Waals surface area contributed by atoms with Gasteiger partial charge in [0.05, 0.1) is 24.6 Å². The van der Waals surface area contributed by atoms with Crippen molar-refractivity contribution in [2.45, 2.75) is 38.6 Å². The zero-order chi connectivity index (χ0) is 18.8. The number of ether oxygens (including phenoxy) is 1. The molecule has 3 aliphatic rings. The lowest BCUT2D eigenvalue weighted by Gasteiger charge is -2.30. The zero-order valence-electron chi connectivity index (χ0n) is 15.9. The first-order chi connectivity index (χ1) is 13.1. The number of morpholine rings is 1. The van der Waals surface area contributed by atoms with Gasteiger partial charge in [-0.1, -0.05) is 18.6 Å². The van der Waals surface area contributed by atoms with Gasteiger partial charge in [0.1, 0.15) is 0 Å². The fourth-order valence-electron chi connectivity index (χ4n) is 5.12. The number of carbonyl (C=O) groups excluding carboxylic acids is 2. The fraction of sp³-hybridized carbons (Fsp3) is 0.619. The van der Waals surface area contributed by atoms with Crippen molar-refractivity contribution in [2.24, 2.45) is 17.8 Å². The van der Waals surface area contributed by atoms with Gasteiger partial charge >= 0.3 is 11.8 Å². The number of benzene rings is 1. The highest BCUT2D eigenvalue weighted by Gasteiger charge is 2.42. The Hall–Kier alpha value is -2.08. The molecule has 1 aromatic carbocycles. The summed E-state index contributed by atoms with van der Waals surface area (Å²) in [5.41, 5.74) is 1.61. The van der Waals surface area contributed by atoms with Crippen molar-refractivity contribution in [3.05, 3.63) is 24.3 Å². The molecule has 0 aromatic heterocycles. The average molecular weight is 371 g/mol. The van der Waals surface area contributed by atoms with E-state index in [1.54, 1.807) is 0 Å². The van der Waals surface area contributed by atoms with Gasteiger partial charge in [-0.3, -0.25) is 9.59 Å². The Morgan fingerprint density at radius 3 is 2.59 bits per heavy atom. The Kier molecular flexibility index (Phi) is 5.34. The van der Waals surface area contributed by atoms with E-state index in [0.717, 1.165) is 30.6 Å². The van der Waals surface area contributed by atoms with Gasteiger partial charge in [-0.25, -0.2) is 0 Å². The molecule has 1 saturated heterocycles. The first-order valence-electron chi connectivity index (χ1n) is 10.2. The maximum atomic E-state index is 12.5. The Morgan fingerprint density at radius 1 is 1.11 bits per heavy atom. The maximum absolute atomic E-state index is 12.5. The number of rotatable bonds is 4. The second-order valence-corrected chi connectivity index (χ2v) is 8.17. The molecule has 2 N–H and O–H groups in total. The largest absolute Gasteiger partial charge is 0.378 e. The molecule has 6 heteroatoms. The van der Waals surface area contributed by atoms with Crippen molar-refractivity contribution in [1.29, 1.82) is 0 Å². The molecule has 1 aromatic rings. The van der Waals surface area contributed by atoms with E-state index < -0.39 is 11.8 Å². The predicted molar refractivity (Wildman–Crippen MR) is 105 cm³/mol. The highest BCUT2D eigenvalue weighted by molar-refractivity contribution is 6.40. The number of nitrogens with zero attached hydrogens (tertiary/aromatic N) is 1. The van der Waals surface area contributed by atoms with Gasteiger partial charge in [-0.2, -0.15) is 0 Å². The zero-order valence-corrected chi connectivity index (χ0v) is 15.9. The van der Waals surface area contributed by atoms with E-state index in [1.807, 2.05) is 31.2 Å². The molecule has 146 valence electrons. The van der Waals surface area contributed by atoms with Crippen LogP contribution in [0.4, 0.5) is 11.4 Å². The Morgan fingerprint density at radius 2 is 1.89 bits per heavy atom. The topological polar surface area (TPSA) is 70.7 Å². The van der Waals surface area contributed by atoms with E-state index in [1.165, 1.54) is 25.7 Å². The van der Waals surface area contributed by atoms with Crippen LogP contribution in [0.3, 0.4) is 0 Å². The number of hydrogen-bond donors (Lipinski definition) is 2. The highest BCUT2D eigenvalue weighted by atomic mass is 16.5. The van der Waals surface area contributed by atoms with Crippen LogP contribution >= 0.6 is 0 Å². The van der Waals surface area contributed by atoms with Gasteiger partial charge in [0.2, 0.25) is 0 Å². The van der Waals surface area contributed by atoms with Gasteiger partial charge < -0.3 is 20.3 Å². The standard InChI is InChI=1S/C21H29N3O3/c1-14(17-13-15-6-7-16(17)12-15)22-20(25)21(26)23-18-4-2-3-5-19(18)24-8-10-27-11-9-24/h2-5,14-17H,6-13H2,1H3,(H,22,25)(H,23,26). The number of fused-ring (bicyclic) bond motifs is 2. The molecule has 2 bridgehead atoms. The Bertz CT molecular complexity index is 702. The molecule has 2 aliphatic carbocycles. The van der Waals surface area contributed by atoms with Crippen LogP contribution in [0.5, 0.6) is 0 Å². The SMILES string of the molecule is CC(NC(=O)C(=O)Nc1ccccc1N1CCOCC1)C1CC2CCC1C2. The number of amides is 2. The number of nitrogens with one attached hydrogen (secondary N) is 2. The van der Waals surface area contributed by atoms with Gasteiger partial charge in [0.25, 0.3) is 0 Å². The quantitative estimate of drug-likeness (QED) is 0.798. The summed E-state index contributed by atoms with van der Waals surface area (Å²) in [6.45, 7) is 4.94.